The van der Waals surface area contributed by atoms with Crippen molar-refractivity contribution in [1.29, 1.82) is 0 Å². The number of carbonyl (C=O) groups is 1. The SMILES string of the molecule is COc1ccc(/C=C/c2cc(OC)cc(OC)c2/C=C/C(=O)c2cc3cc(Cl)ccc3oc2=O)cc1. The van der Waals surface area contributed by atoms with Crippen LogP contribution in [-0.4, -0.2) is 27.1 Å². The molecule has 0 saturated carbocycles. The van der Waals surface area contributed by atoms with Gasteiger partial charge in [-0.05, 0) is 65.7 Å². The highest BCUT2D eigenvalue weighted by Gasteiger charge is 2.14. The van der Waals surface area contributed by atoms with E-state index in [0.29, 0.717) is 33.1 Å². The Balaban J connectivity index is 1.72. The van der Waals surface area contributed by atoms with Crippen LogP contribution >= 0.6 is 11.6 Å². The number of rotatable bonds is 8. The van der Waals surface area contributed by atoms with E-state index in [-0.39, 0.29) is 5.56 Å². The first-order chi connectivity index (χ1) is 17.4. The number of ether oxygens (including phenoxy) is 3. The van der Waals surface area contributed by atoms with Crippen LogP contribution < -0.4 is 19.8 Å². The number of fused-ring (bicyclic) bond motifs is 1. The van der Waals surface area contributed by atoms with Gasteiger partial charge >= 0.3 is 5.63 Å². The van der Waals surface area contributed by atoms with Crippen molar-refractivity contribution < 1.29 is 23.4 Å². The summed E-state index contributed by atoms with van der Waals surface area (Å²) in [5.74, 6) is 1.35. The second kappa shape index (κ2) is 11.0. The molecule has 3 aromatic carbocycles. The van der Waals surface area contributed by atoms with Crippen LogP contribution in [0.3, 0.4) is 0 Å². The van der Waals surface area contributed by atoms with Crippen molar-refractivity contribution in [2.45, 2.75) is 0 Å². The van der Waals surface area contributed by atoms with Gasteiger partial charge in [-0.25, -0.2) is 4.79 Å². The highest BCUT2D eigenvalue weighted by Crippen LogP contribution is 2.31. The minimum atomic E-state index is -0.721. The molecule has 4 rings (SSSR count). The van der Waals surface area contributed by atoms with E-state index in [9.17, 15) is 9.59 Å². The van der Waals surface area contributed by atoms with Gasteiger partial charge in [-0.15, -0.1) is 0 Å². The summed E-state index contributed by atoms with van der Waals surface area (Å²) in [6.45, 7) is 0. The Kier molecular flexibility index (Phi) is 7.56. The summed E-state index contributed by atoms with van der Waals surface area (Å²) < 4.78 is 21.5. The highest BCUT2D eigenvalue weighted by atomic mass is 35.5. The average Bonchev–Trinajstić information content (AvgIpc) is 2.90. The summed E-state index contributed by atoms with van der Waals surface area (Å²) in [7, 11) is 4.72. The molecule has 182 valence electrons. The maximum atomic E-state index is 13.0. The van der Waals surface area contributed by atoms with E-state index < -0.39 is 11.4 Å². The molecule has 0 N–H and O–H groups in total. The van der Waals surface area contributed by atoms with Crippen LogP contribution in [0, 0.1) is 0 Å². The van der Waals surface area contributed by atoms with Crippen molar-refractivity contribution in [2.24, 2.45) is 0 Å². The number of hydrogen-bond donors (Lipinski definition) is 0. The highest BCUT2D eigenvalue weighted by molar-refractivity contribution is 6.31. The Hall–Kier alpha value is -4.29. The molecule has 0 fully saturated rings. The third-order valence-corrected chi connectivity index (χ3v) is 5.77. The summed E-state index contributed by atoms with van der Waals surface area (Å²) >= 11 is 6.04. The lowest BCUT2D eigenvalue weighted by molar-refractivity contribution is 0.104. The van der Waals surface area contributed by atoms with Gasteiger partial charge in [-0.1, -0.05) is 35.9 Å². The van der Waals surface area contributed by atoms with Crippen molar-refractivity contribution in [3.8, 4) is 17.2 Å². The molecule has 0 unspecified atom stereocenters. The van der Waals surface area contributed by atoms with Crippen LogP contribution in [0.15, 0.2) is 76.0 Å². The lowest BCUT2D eigenvalue weighted by Crippen LogP contribution is -2.12. The maximum Gasteiger partial charge on any atom is 0.347 e. The van der Waals surface area contributed by atoms with Crippen LogP contribution in [0.25, 0.3) is 29.2 Å². The molecule has 0 aliphatic heterocycles. The van der Waals surface area contributed by atoms with E-state index in [2.05, 4.69) is 0 Å². The minimum absolute atomic E-state index is 0.0937. The van der Waals surface area contributed by atoms with Gasteiger partial charge in [0, 0.05) is 22.0 Å². The zero-order valence-electron chi connectivity index (χ0n) is 19.9. The maximum absolute atomic E-state index is 13.0. The van der Waals surface area contributed by atoms with Gasteiger partial charge in [0.1, 0.15) is 28.4 Å². The lowest BCUT2D eigenvalue weighted by Gasteiger charge is -2.11. The van der Waals surface area contributed by atoms with E-state index in [1.54, 1.807) is 44.6 Å². The standard InChI is InChI=1S/C29H23ClO6/c1-33-22-9-5-18(6-10-22)4-7-19-15-23(34-2)17-28(35-3)24(19)11-12-26(31)25-16-20-14-21(30)8-13-27(20)36-29(25)32/h4-17H,1-3H3/b7-4+,12-11+. The molecular formula is C29H23ClO6. The fourth-order valence-electron chi connectivity index (χ4n) is 3.64. The number of methoxy groups -OCH3 is 3. The molecule has 36 heavy (non-hydrogen) atoms. The second-order valence-corrected chi connectivity index (χ2v) is 8.20. The van der Waals surface area contributed by atoms with Gasteiger partial charge in [0.05, 0.1) is 21.3 Å². The van der Waals surface area contributed by atoms with Gasteiger partial charge in [-0.3, -0.25) is 4.79 Å². The molecular weight excluding hydrogens is 480 g/mol. The van der Waals surface area contributed by atoms with Gasteiger partial charge < -0.3 is 18.6 Å². The lowest BCUT2D eigenvalue weighted by atomic mass is 10.0. The smallest absolute Gasteiger partial charge is 0.347 e. The monoisotopic (exact) mass is 502 g/mol. The minimum Gasteiger partial charge on any atom is -0.497 e. The quantitative estimate of drug-likeness (QED) is 0.118. The van der Waals surface area contributed by atoms with Crippen LogP contribution in [0.1, 0.15) is 27.0 Å². The van der Waals surface area contributed by atoms with Crippen molar-refractivity contribution in [3.63, 3.8) is 0 Å². The fraction of sp³-hybridized carbons (Fsp3) is 0.103. The largest absolute Gasteiger partial charge is 0.497 e. The summed E-state index contributed by atoms with van der Waals surface area (Å²) in [6.07, 6.45) is 6.74. The number of hydrogen-bond acceptors (Lipinski definition) is 6. The molecule has 1 aromatic heterocycles. The Morgan fingerprint density at radius 2 is 1.58 bits per heavy atom. The summed E-state index contributed by atoms with van der Waals surface area (Å²) in [5.41, 5.74) is 1.89. The van der Waals surface area contributed by atoms with Gasteiger partial charge in [-0.2, -0.15) is 0 Å². The first-order valence-corrected chi connectivity index (χ1v) is 11.3. The van der Waals surface area contributed by atoms with Crippen molar-refractivity contribution in [1.82, 2.24) is 0 Å². The molecule has 0 aliphatic rings. The van der Waals surface area contributed by atoms with E-state index in [0.717, 1.165) is 16.9 Å². The Bertz CT molecular complexity index is 1530. The van der Waals surface area contributed by atoms with E-state index in [1.165, 1.54) is 19.3 Å². The fourth-order valence-corrected chi connectivity index (χ4v) is 3.82. The predicted molar refractivity (Wildman–Crippen MR) is 142 cm³/mol. The summed E-state index contributed by atoms with van der Waals surface area (Å²) in [4.78, 5) is 25.4. The molecule has 1 heterocycles. The molecule has 0 atom stereocenters. The molecule has 4 aromatic rings. The molecule has 0 spiro atoms. The van der Waals surface area contributed by atoms with Crippen LogP contribution in [0.5, 0.6) is 17.2 Å². The first kappa shape index (κ1) is 24.8. The third-order valence-electron chi connectivity index (χ3n) is 5.54. The summed E-state index contributed by atoms with van der Waals surface area (Å²) in [6, 6.07) is 17.5. The number of halogens is 1. The molecule has 0 amide bonds. The average molecular weight is 503 g/mol. The number of allylic oxidation sites excluding steroid dienone is 1. The van der Waals surface area contributed by atoms with Gasteiger partial charge in [0.25, 0.3) is 0 Å². The van der Waals surface area contributed by atoms with Gasteiger partial charge in [0.15, 0.2) is 5.78 Å². The molecule has 0 saturated heterocycles. The van der Waals surface area contributed by atoms with Gasteiger partial charge in [0.2, 0.25) is 0 Å². The van der Waals surface area contributed by atoms with E-state index in [1.807, 2.05) is 42.5 Å². The normalized spacial score (nSPS) is 11.3. The Labute approximate surface area is 213 Å². The zero-order chi connectivity index (χ0) is 25.7. The molecule has 6 nitrogen and oxygen atoms in total. The first-order valence-electron chi connectivity index (χ1n) is 11.0. The number of benzene rings is 3. The predicted octanol–water partition coefficient (Wildman–Crippen LogP) is 6.54. The van der Waals surface area contributed by atoms with E-state index >= 15 is 0 Å². The topological polar surface area (TPSA) is 75.0 Å². The van der Waals surface area contributed by atoms with E-state index in [4.69, 9.17) is 30.2 Å². The Morgan fingerprint density at radius 3 is 2.28 bits per heavy atom. The zero-order valence-corrected chi connectivity index (χ0v) is 20.7. The van der Waals surface area contributed by atoms with Crippen LogP contribution in [0.4, 0.5) is 0 Å². The molecule has 0 bridgehead atoms. The summed E-state index contributed by atoms with van der Waals surface area (Å²) in [5, 5.41) is 1.03. The van der Waals surface area contributed by atoms with Crippen molar-refractivity contribution in [3.05, 3.63) is 104 Å². The second-order valence-electron chi connectivity index (χ2n) is 7.77. The van der Waals surface area contributed by atoms with Crippen molar-refractivity contribution >= 4 is 46.6 Å². The Morgan fingerprint density at radius 1 is 0.833 bits per heavy atom. The molecule has 7 heteroatoms. The number of ketones is 1. The molecule has 0 radical (unpaired) electrons. The molecule has 0 aliphatic carbocycles. The van der Waals surface area contributed by atoms with Crippen LogP contribution in [-0.2, 0) is 0 Å². The third kappa shape index (κ3) is 5.50. The number of carbonyl (C=O) groups excluding carboxylic acids is 1. The van der Waals surface area contributed by atoms with Crippen molar-refractivity contribution in [2.75, 3.05) is 21.3 Å². The van der Waals surface area contributed by atoms with Crippen LogP contribution in [0.2, 0.25) is 5.02 Å².